The standard InChI is InChI=1S/C13H15F2N5/c1-3-8(2)17-13-19-12(7-16-20-13)18-9-4-5-10(14)11(15)6-9/h4-8H,3H2,1-2H3,(H2,17,18,19,20). The van der Waals surface area contributed by atoms with E-state index in [-0.39, 0.29) is 6.04 Å². The molecule has 20 heavy (non-hydrogen) atoms. The molecule has 0 spiro atoms. The summed E-state index contributed by atoms with van der Waals surface area (Å²) in [6, 6.07) is 3.74. The molecular formula is C13H15F2N5. The lowest BCUT2D eigenvalue weighted by Gasteiger charge is -2.11. The van der Waals surface area contributed by atoms with Crippen LogP contribution in [-0.4, -0.2) is 21.2 Å². The zero-order valence-electron chi connectivity index (χ0n) is 11.2. The Bertz CT molecular complexity index is 591. The summed E-state index contributed by atoms with van der Waals surface area (Å²) in [5, 5.41) is 13.6. The Morgan fingerprint density at radius 2 is 2.05 bits per heavy atom. The molecule has 0 aliphatic rings. The number of anilines is 3. The van der Waals surface area contributed by atoms with Crippen molar-refractivity contribution in [3.63, 3.8) is 0 Å². The number of hydrogen-bond donors (Lipinski definition) is 2. The summed E-state index contributed by atoms with van der Waals surface area (Å²) in [5.41, 5.74) is 0.388. The van der Waals surface area contributed by atoms with Gasteiger partial charge in [0.1, 0.15) is 0 Å². The van der Waals surface area contributed by atoms with Crippen LogP contribution in [0.3, 0.4) is 0 Å². The van der Waals surface area contributed by atoms with Crippen LogP contribution in [0, 0.1) is 11.6 Å². The molecule has 1 unspecified atom stereocenters. The Kier molecular flexibility index (Phi) is 4.39. The highest BCUT2D eigenvalue weighted by atomic mass is 19.2. The number of aromatic nitrogens is 3. The van der Waals surface area contributed by atoms with Crippen molar-refractivity contribution < 1.29 is 8.78 Å². The normalized spacial score (nSPS) is 12.0. The van der Waals surface area contributed by atoms with Crippen LogP contribution in [0.5, 0.6) is 0 Å². The van der Waals surface area contributed by atoms with E-state index in [0.717, 1.165) is 18.6 Å². The van der Waals surface area contributed by atoms with Crippen molar-refractivity contribution in [2.75, 3.05) is 10.6 Å². The molecule has 1 heterocycles. The Labute approximate surface area is 115 Å². The van der Waals surface area contributed by atoms with E-state index in [2.05, 4.69) is 25.8 Å². The van der Waals surface area contributed by atoms with E-state index in [4.69, 9.17) is 0 Å². The van der Waals surface area contributed by atoms with Gasteiger partial charge >= 0.3 is 0 Å². The van der Waals surface area contributed by atoms with Crippen molar-refractivity contribution in [1.29, 1.82) is 0 Å². The van der Waals surface area contributed by atoms with Crippen molar-refractivity contribution in [3.05, 3.63) is 36.0 Å². The topological polar surface area (TPSA) is 62.7 Å². The second-order valence-electron chi connectivity index (χ2n) is 4.37. The number of nitrogens with zero attached hydrogens (tertiary/aromatic N) is 3. The molecule has 0 saturated heterocycles. The SMILES string of the molecule is CCC(C)Nc1nncc(Nc2ccc(F)c(F)c2)n1. The fraction of sp³-hybridized carbons (Fsp3) is 0.308. The van der Waals surface area contributed by atoms with Crippen LogP contribution >= 0.6 is 0 Å². The Balaban J connectivity index is 2.12. The van der Waals surface area contributed by atoms with E-state index < -0.39 is 11.6 Å². The highest BCUT2D eigenvalue weighted by molar-refractivity contribution is 5.56. The number of halogens is 2. The van der Waals surface area contributed by atoms with Crippen molar-refractivity contribution in [3.8, 4) is 0 Å². The third kappa shape index (κ3) is 3.59. The van der Waals surface area contributed by atoms with Gasteiger partial charge in [0.15, 0.2) is 17.5 Å². The van der Waals surface area contributed by atoms with Gasteiger partial charge in [-0.15, -0.1) is 5.10 Å². The molecule has 2 N–H and O–H groups in total. The Morgan fingerprint density at radius 3 is 2.75 bits per heavy atom. The molecule has 1 aromatic carbocycles. The van der Waals surface area contributed by atoms with Crippen LogP contribution in [0.25, 0.3) is 0 Å². The molecule has 0 saturated carbocycles. The van der Waals surface area contributed by atoms with Gasteiger partial charge in [0.2, 0.25) is 5.95 Å². The summed E-state index contributed by atoms with van der Waals surface area (Å²) >= 11 is 0. The molecule has 1 atom stereocenters. The van der Waals surface area contributed by atoms with Crippen LogP contribution < -0.4 is 10.6 Å². The lowest BCUT2D eigenvalue weighted by Crippen LogP contribution is -2.16. The molecule has 106 valence electrons. The van der Waals surface area contributed by atoms with Crippen molar-refractivity contribution in [2.24, 2.45) is 0 Å². The lowest BCUT2D eigenvalue weighted by atomic mass is 10.3. The lowest BCUT2D eigenvalue weighted by molar-refractivity contribution is 0.509. The molecule has 0 fully saturated rings. The fourth-order valence-electron chi connectivity index (χ4n) is 1.47. The van der Waals surface area contributed by atoms with Gasteiger partial charge in [-0.1, -0.05) is 6.92 Å². The Hall–Kier alpha value is -2.31. The van der Waals surface area contributed by atoms with Gasteiger partial charge in [-0.05, 0) is 25.5 Å². The number of hydrogen-bond acceptors (Lipinski definition) is 5. The zero-order chi connectivity index (χ0) is 14.5. The van der Waals surface area contributed by atoms with Crippen molar-refractivity contribution in [2.45, 2.75) is 26.3 Å². The first-order chi connectivity index (χ1) is 9.58. The minimum absolute atomic E-state index is 0.218. The predicted octanol–water partition coefficient (Wildman–Crippen LogP) is 3.10. The van der Waals surface area contributed by atoms with E-state index in [1.165, 1.54) is 12.3 Å². The smallest absolute Gasteiger partial charge is 0.244 e. The van der Waals surface area contributed by atoms with Crippen molar-refractivity contribution in [1.82, 2.24) is 15.2 Å². The highest BCUT2D eigenvalue weighted by Gasteiger charge is 2.06. The van der Waals surface area contributed by atoms with Gasteiger partial charge in [-0.2, -0.15) is 10.1 Å². The second kappa shape index (κ2) is 6.23. The van der Waals surface area contributed by atoms with E-state index in [1.54, 1.807) is 0 Å². The average Bonchev–Trinajstić information content (AvgIpc) is 2.43. The first-order valence-corrected chi connectivity index (χ1v) is 6.27. The second-order valence-corrected chi connectivity index (χ2v) is 4.37. The molecule has 0 aliphatic heterocycles. The summed E-state index contributed by atoms with van der Waals surface area (Å²) in [7, 11) is 0. The van der Waals surface area contributed by atoms with E-state index in [1.807, 2.05) is 13.8 Å². The summed E-state index contributed by atoms with van der Waals surface area (Å²) in [6.45, 7) is 4.04. The molecule has 2 rings (SSSR count). The van der Waals surface area contributed by atoms with Crippen LogP contribution in [0.2, 0.25) is 0 Å². The van der Waals surface area contributed by atoms with E-state index in [0.29, 0.717) is 17.5 Å². The average molecular weight is 279 g/mol. The maximum absolute atomic E-state index is 13.1. The summed E-state index contributed by atoms with van der Waals surface area (Å²) in [6.07, 6.45) is 2.33. The minimum Gasteiger partial charge on any atom is -0.350 e. The van der Waals surface area contributed by atoms with Crippen molar-refractivity contribution >= 4 is 17.5 Å². The van der Waals surface area contributed by atoms with Gasteiger partial charge in [0.05, 0.1) is 6.20 Å². The molecule has 1 aromatic heterocycles. The predicted molar refractivity (Wildman–Crippen MR) is 72.8 cm³/mol. The largest absolute Gasteiger partial charge is 0.350 e. The zero-order valence-corrected chi connectivity index (χ0v) is 11.2. The molecule has 0 bridgehead atoms. The van der Waals surface area contributed by atoms with Crippen LogP contribution in [0.4, 0.5) is 26.2 Å². The third-order valence-electron chi connectivity index (χ3n) is 2.74. The van der Waals surface area contributed by atoms with E-state index in [9.17, 15) is 8.78 Å². The number of nitrogens with one attached hydrogen (secondary N) is 2. The van der Waals surface area contributed by atoms with Gasteiger partial charge in [-0.25, -0.2) is 8.78 Å². The summed E-state index contributed by atoms with van der Waals surface area (Å²) < 4.78 is 25.9. The van der Waals surface area contributed by atoms with Crippen LogP contribution in [0.15, 0.2) is 24.4 Å². The molecule has 0 aliphatic carbocycles. The Morgan fingerprint density at radius 1 is 1.25 bits per heavy atom. The first-order valence-electron chi connectivity index (χ1n) is 6.27. The van der Waals surface area contributed by atoms with Gasteiger partial charge in [-0.3, -0.25) is 0 Å². The molecule has 0 amide bonds. The quantitative estimate of drug-likeness (QED) is 0.880. The maximum Gasteiger partial charge on any atom is 0.244 e. The minimum atomic E-state index is -0.921. The molecule has 2 aromatic rings. The summed E-state index contributed by atoms with van der Waals surface area (Å²) in [5.74, 6) is -1.03. The van der Waals surface area contributed by atoms with Gasteiger partial charge in [0, 0.05) is 17.8 Å². The number of rotatable bonds is 5. The molecule has 7 heteroatoms. The van der Waals surface area contributed by atoms with Crippen LogP contribution in [-0.2, 0) is 0 Å². The molecule has 5 nitrogen and oxygen atoms in total. The molecule has 0 radical (unpaired) electrons. The van der Waals surface area contributed by atoms with Crippen LogP contribution in [0.1, 0.15) is 20.3 Å². The fourth-order valence-corrected chi connectivity index (χ4v) is 1.47. The maximum atomic E-state index is 13.1. The number of benzene rings is 1. The molecular weight excluding hydrogens is 264 g/mol. The monoisotopic (exact) mass is 279 g/mol. The first kappa shape index (κ1) is 14.1. The van der Waals surface area contributed by atoms with Gasteiger partial charge < -0.3 is 10.6 Å². The van der Waals surface area contributed by atoms with E-state index >= 15 is 0 Å². The highest BCUT2D eigenvalue weighted by Crippen LogP contribution is 2.17. The van der Waals surface area contributed by atoms with Gasteiger partial charge in [0.25, 0.3) is 0 Å². The third-order valence-corrected chi connectivity index (χ3v) is 2.74. The summed E-state index contributed by atoms with van der Waals surface area (Å²) in [4.78, 5) is 4.20.